The van der Waals surface area contributed by atoms with Gasteiger partial charge in [0, 0.05) is 22.9 Å². The molecular weight excluding hydrogens is 252 g/mol. The molecule has 2 atom stereocenters. The minimum absolute atomic E-state index is 0.407. The lowest BCUT2D eigenvalue weighted by atomic mass is 9.95. The molecule has 0 amide bonds. The number of nitrogens with zero attached hydrogens (tertiary/aromatic N) is 1. The van der Waals surface area contributed by atoms with Crippen molar-refractivity contribution in [2.75, 3.05) is 7.05 Å². The van der Waals surface area contributed by atoms with Gasteiger partial charge in [-0.05, 0) is 46.9 Å². The van der Waals surface area contributed by atoms with E-state index in [9.17, 15) is 0 Å². The van der Waals surface area contributed by atoms with Crippen LogP contribution in [0, 0.1) is 5.92 Å². The smallest absolute Gasteiger partial charge is 0.0410 e. The lowest BCUT2D eigenvalue weighted by Gasteiger charge is -2.19. The molecule has 2 unspecified atom stereocenters. The molecule has 0 bridgehead atoms. The van der Waals surface area contributed by atoms with Gasteiger partial charge in [0.15, 0.2) is 0 Å². The van der Waals surface area contributed by atoms with Crippen molar-refractivity contribution in [3.63, 3.8) is 0 Å². The minimum Gasteiger partial charge on any atom is -0.313 e. The van der Waals surface area contributed by atoms with Gasteiger partial charge in [-0.2, -0.15) is 0 Å². The van der Waals surface area contributed by atoms with Crippen molar-refractivity contribution in [3.8, 4) is 0 Å². The van der Waals surface area contributed by atoms with Crippen LogP contribution >= 0.6 is 15.9 Å². The average molecular weight is 271 g/mol. The Bertz CT molecular complexity index is 301. The fraction of sp³-hybridized carbons (Fsp3) is 0.583. The molecule has 1 aromatic heterocycles. The van der Waals surface area contributed by atoms with E-state index in [0.29, 0.717) is 6.04 Å². The SMILES string of the molecule is CCC(C)CC(NC)c1cncc(Br)c1. The number of hydrogen-bond donors (Lipinski definition) is 1. The molecule has 0 fully saturated rings. The average Bonchev–Trinajstić information content (AvgIpc) is 2.25. The maximum Gasteiger partial charge on any atom is 0.0410 e. The first-order valence-electron chi connectivity index (χ1n) is 5.45. The third kappa shape index (κ3) is 3.92. The Kier molecular flexibility index (Phi) is 5.26. The van der Waals surface area contributed by atoms with Gasteiger partial charge in [-0.3, -0.25) is 4.98 Å². The first kappa shape index (κ1) is 12.7. The zero-order chi connectivity index (χ0) is 11.3. The fourth-order valence-electron chi connectivity index (χ4n) is 1.61. The summed E-state index contributed by atoms with van der Waals surface area (Å²) in [6, 6.07) is 2.54. The van der Waals surface area contributed by atoms with Crippen LogP contribution in [0.15, 0.2) is 22.9 Å². The highest BCUT2D eigenvalue weighted by Crippen LogP contribution is 2.23. The standard InChI is InChI=1S/C12H19BrN2/c1-4-9(2)5-12(14-3)10-6-11(13)8-15-7-10/h6-9,12,14H,4-5H2,1-3H3. The van der Waals surface area contributed by atoms with Crippen LogP contribution < -0.4 is 5.32 Å². The van der Waals surface area contributed by atoms with E-state index in [1.807, 2.05) is 19.4 Å². The van der Waals surface area contributed by atoms with Crippen molar-refractivity contribution in [3.05, 3.63) is 28.5 Å². The van der Waals surface area contributed by atoms with Crippen LogP contribution in [0.2, 0.25) is 0 Å². The number of pyridine rings is 1. The van der Waals surface area contributed by atoms with Crippen LogP contribution in [-0.2, 0) is 0 Å². The topological polar surface area (TPSA) is 24.9 Å². The summed E-state index contributed by atoms with van der Waals surface area (Å²) in [5.74, 6) is 0.737. The van der Waals surface area contributed by atoms with Crippen molar-refractivity contribution < 1.29 is 0 Å². The van der Waals surface area contributed by atoms with Crippen LogP contribution in [0.5, 0.6) is 0 Å². The molecular formula is C12H19BrN2. The molecule has 1 N–H and O–H groups in total. The number of halogens is 1. The molecule has 0 aliphatic carbocycles. The van der Waals surface area contributed by atoms with Gasteiger partial charge in [-0.1, -0.05) is 20.3 Å². The zero-order valence-electron chi connectivity index (χ0n) is 9.63. The molecule has 2 nitrogen and oxygen atoms in total. The Morgan fingerprint density at radius 3 is 2.73 bits per heavy atom. The molecule has 1 heterocycles. The van der Waals surface area contributed by atoms with Gasteiger partial charge in [0.2, 0.25) is 0 Å². The molecule has 1 rings (SSSR count). The van der Waals surface area contributed by atoms with Crippen LogP contribution in [0.25, 0.3) is 0 Å². The Labute approximate surface area is 101 Å². The summed E-state index contributed by atoms with van der Waals surface area (Å²) < 4.78 is 1.05. The van der Waals surface area contributed by atoms with Crippen molar-refractivity contribution >= 4 is 15.9 Å². The summed E-state index contributed by atoms with van der Waals surface area (Å²) in [5.41, 5.74) is 1.26. The monoisotopic (exact) mass is 270 g/mol. The highest BCUT2D eigenvalue weighted by Gasteiger charge is 2.12. The number of rotatable bonds is 5. The van der Waals surface area contributed by atoms with Crippen molar-refractivity contribution in [2.24, 2.45) is 5.92 Å². The second-order valence-corrected chi connectivity index (χ2v) is 4.94. The van der Waals surface area contributed by atoms with Gasteiger partial charge in [-0.25, -0.2) is 0 Å². The third-order valence-corrected chi connectivity index (χ3v) is 3.25. The van der Waals surface area contributed by atoms with E-state index in [-0.39, 0.29) is 0 Å². The first-order valence-corrected chi connectivity index (χ1v) is 6.24. The second kappa shape index (κ2) is 6.23. The second-order valence-electron chi connectivity index (χ2n) is 4.03. The van der Waals surface area contributed by atoms with E-state index >= 15 is 0 Å². The Morgan fingerprint density at radius 1 is 1.47 bits per heavy atom. The predicted octanol–water partition coefficient (Wildman–Crippen LogP) is 3.54. The summed E-state index contributed by atoms with van der Waals surface area (Å²) in [7, 11) is 2.01. The first-order chi connectivity index (χ1) is 7.17. The molecule has 0 aromatic carbocycles. The van der Waals surface area contributed by atoms with E-state index in [0.717, 1.165) is 16.8 Å². The molecule has 0 saturated carbocycles. The maximum absolute atomic E-state index is 4.20. The molecule has 0 spiro atoms. The number of aromatic nitrogens is 1. The molecule has 0 aliphatic heterocycles. The van der Waals surface area contributed by atoms with Gasteiger partial charge in [0.1, 0.15) is 0 Å². The van der Waals surface area contributed by atoms with E-state index < -0.39 is 0 Å². The molecule has 15 heavy (non-hydrogen) atoms. The predicted molar refractivity (Wildman–Crippen MR) is 67.8 cm³/mol. The van der Waals surface area contributed by atoms with Crippen molar-refractivity contribution in [1.82, 2.24) is 10.3 Å². The van der Waals surface area contributed by atoms with Crippen molar-refractivity contribution in [1.29, 1.82) is 0 Å². The van der Waals surface area contributed by atoms with Gasteiger partial charge in [0.25, 0.3) is 0 Å². The molecule has 0 aliphatic rings. The molecule has 1 aromatic rings. The molecule has 0 radical (unpaired) electrons. The molecule has 0 saturated heterocycles. The lowest BCUT2D eigenvalue weighted by Crippen LogP contribution is -2.19. The lowest BCUT2D eigenvalue weighted by molar-refractivity contribution is 0.421. The molecule has 84 valence electrons. The van der Waals surface area contributed by atoms with Crippen LogP contribution in [0.3, 0.4) is 0 Å². The normalized spacial score (nSPS) is 14.9. The van der Waals surface area contributed by atoms with Gasteiger partial charge >= 0.3 is 0 Å². The fourth-order valence-corrected chi connectivity index (χ4v) is 1.99. The Balaban J connectivity index is 2.73. The van der Waals surface area contributed by atoms with Crippen LogP contribution in [0.4, 0.5) is 0 Å². The maximum atomic E-state index is 4.20. The zero-order valence-corrected chi connectivity index (χ0v) is 11.2. The van der Waals surface area contributed by atoms with Crippen LogP contribution in [0.1, 0.15) is 38.3 Å². The summed E-state index contributed by atoms with van der Waals surface area (Å²) in [6.07, 6.45) is 6.14. The summed E-state index contributed by atoms with van der Waals surface area (Å²) in [4.78, 5) is 4.20. The highest BCUT2D eigenvalue weighted by atomic mass is 79.9. The summed E-state index contributed by atoms with van der Waals surface area (Å²) in [5, 5.41) is 3.35. The van der Waals surface area contributed by atoms with E-state index in [1.165, 1.54) is 12.0 Å². The number of nitrogens with one attached hydrogen (secondary N) is 1. The largest absolute Gasteiger partial charge is 0.313 e. The van der Waals surface area contributed by atoms with Gasteiger partial charge < -0.3 is 5.32 Å². The van der Waals surface area contributed by atoms with E-state index in [4.69, 9.17) is 0 Å². The molecule has 3 heteroatoms. The minimum atomic E-state index is 0.407. The summed E-state index contributed by atoms with van der Waals surface area (Å²) in [6.45, 7) is 4.52. The van der Waals surface area contributed by atoms with E-state index in [2.05, 4.69) is 46.1 Å². The quantitative estimate of drug-likeness (QED) is 0.886. The number of hydrogen-bond acceptors (Lipinski definition) is 2. The Morgan fingerprint density at radius 2 is 2.20 bits per heavy atom. The highest BCUT2D eigenvalue weighted by molar-refractivity contribution is 9.10. The third-order valence-electron chi connectivity index (χ3n) is 2.81. The van der Waals surface area contributed by atoms with E-state index in [1.54, 1.807) is 0 Å². The van der Waals surface area contributed by atoms with Gasteiger partial charge in [-0.15, -0.1) is 0 Å². The summed E-state index contributed by atoms with van der Waals surface area (Å²) >= 11 is 3.45. The van der Waals surface area contributed by atoms with Crippen LogP contribution in [-0.4, -0.2) is 12.0 Å². The van der Waals surface area contributed by atoms with Gasteiger partial charge in [0.05, 0.1) is 0 Å². The Hall–Kier alpha value is -0.410. The van der Waals surface area contributed by atoms with Crippen molar-refractivity contribution in [2.45, 2.75) is 32.7 Å².